The maximum Gasteiger partial charge on any atom is 0.170 e. The summed E-state index contributed by atoms with van der Waals surface area (Å²) in [5.41, 5.74) is 2.67. The Labute approximate surface area is 168 Å². The minimum Gasteiger partial charge on any atom is -0.486 e. The summed E-state index contributed by atoms with van der Waals surface area (Å²) in [5.74, 6) is 2.91. The van der Waals surface area contributed by atoms with Gasteiger partial charge in [-0.15, -0.1) is 0 Å². The van der Waals surface area contributed by atoms with Gasteiger partial charge in [0.25, 0.3) is 0 Å². The molecule has 150 valence electrons. The zero-order chi connectivity index (χ0) is 20.2. The Morgan fingerprint density at radius 1 is 1.00 bits per heavy atom. The van der Waals surface area contributed by atoms with E-state index in [1.54, 1.807) is 18.7 Å². The van der Waals surface area contributed by atoms with E-state index in [1.807, 2.05) is 27.7 Å². The molecule has 0 atom stereocenters. The second kappa shape index (κ2) is 6.48. The fourth-order valence-corrected chi connectivity index (χ4v) is 3.65. The monoisotopic (exact) mass is 393 g/mol. The highest BCUT2D eigenvalue weighted by Gasteiger charge is 2.35. The van der Waals surface area contributed by atoms with Crippen molar-refractivity contribution < 1.29 is 9.47 Å². The molecule has 0 amide bonds. The van der Waals surface area contributed by atoms with Crippen LogP contribution in [0, 0.1) is 6.92 Å². The molecular formula is C20H23N7O2. The first-order chi connectivity index (χ1) is 13.9. The first-order valence-electron chi connectivity index (χ1n) is 9.72. The maximum atomic E-state index is 5.90. The molecule has 0 aliphatic carbocycles. The van der Waals surface area contributed by atoms with Crippen molar-refractivity contribution in [3.63, 3.8) is 0 Å². The molecule has 9 nitrogen and oxygen atoms in total. The third-order valence-corrected chi connectivity index (χ3v) is 5.25. The fourth-order valence-electron chi connectivity index (χ4n) is 3.65. The second-order valence-corrected chi connectivity index (χ2v) is 7.82. The van der Waals surface area contributed by atoms with Gasteiger partial charge >= 0.3 is 0 Å². The van der Waals surface area contributed by atoms with E-state index in [0.717, 1.165) is 47.2 Å². The van der Waals surface area contributed by atoms with Gasteiger partial charge in [-0.05, 0) is 27.7 Å². The molecule has 0 aromatic carbocycles. The number of rotatable bonds is 2. The van der Waals surface area contributed by atoms with Crippen LogP contribution in [0.2, 0.25) is 0 Å². The zero-order valence-corrected chi connectivity index (χ0v) is 17.0. The summed E-state index contributed by atoms with van der Waals surface area (Å²) < 4.78 is 13.5. The number of imidazole rings is 1. The highest BCUT2D eigenvalue weighted by Crippen LogP contribution is 2.37. The lowest BCUT2D eigenvalue weighted by Gasteiger charge is -2.29. The molecule has 0 spiro atoms. The first-order valence-corrected chi connectivity index (χ1v) is 9.72. The number of hydrogen-bond acceptors (Lipinski definition) is 8. The topological polar surface area (TPSA) is 91.1 Å². The number of hydrogen-bond donors (Lipinski definition) is 0. The molecule has 29 heavy (non-hydrogen) atoms. The van der Waals surface area contributed by atoms with Crippen LogP contribution in [0.4, 0.5) is 5.82 Å². The molecule has 1 saturated heterocycles. The van der Waals surface area contributed by atoms with Gasteiger partial charge in [0.1, 0.15) is 12.1 Å². The number of aryl methyl sites for hydroxylation is 1. The van der Waals surface area contributed by atoms with Gasteiger partial charge in [0.15, 0.2) is 34.2 Å². The summed E-state index contributed by atoms with van der Waals surface area (Å²) in [6.07, 6.45) is 5.28. The van der Waals surface area contributed by atoms with Crippen LogP contribution in [0.25, 0.3) is 28.2 Å². The van der Waals surface area contributed by atoms with Crippen molar-refractivity contribution in [2.45, 2.75) is 33.3 Å². The Bertz CT molecular complexity index is 1110. The van der Waals surface area contributed by atoms with Crippen LogP contribution in [0.3, 0.4) is 0 Å². The molecule has 5 heterocycles. The normalized spacial score (nSPS) is 18.3. The molecular weight excluding hydrogens is 370 g/mol. The van der Waals surface area contributed by atoms with Gasteiger partial charge in [-0.25, -0.2) is 24.9 Å². The quantitative estimate of drug-likeness (QED) is 0.656. The molecule has 9 heteroatoms. The average molecular weight is 393 g/mol. The van der Waals surface area contributed by atoms with Gasteiger partial charge in [0.2, 0.25) is 0 Å². The van der Waals surface area contributed by atoms with Crippen molar-refractivity contribution in [1.82, 2.24) is 29.5 Å². The summed E-state index contributed by atoms with van der Waals surface area (Å²) >= 11 is 0. The lowest BCUT2D eigenvalue weighted by molar-refractivity contribution is 0.0389. The van der Waals surface area contributed by atoms with E-state index in [0.29, 0.717) is 24.9 Å². The summed E-state index contributed by atoms with van der Waals surface area (Å²) in [4.78, 5) is 25.5. The first kappa shape index (κ1) is 18.0. The van der Waals surface area contributed by atoms with E-state index < -0.39 is 5.60 Å². The van der Waals surface area contributed by atoms with Crippen LogP contribution in [0.5, 0.6) is 0 Å². The van der Waals surface area contributed by atoms with Crippen LogP contribution < -0.4 is 4.90 Å². The number of allylic oxidation sites excluding steroid dienone is 1. The van der Waals surface area contributed by atoms with Crippen molar-refractivity contribution in [3.05, 3.63) is 30.3 Å². The smallest absolute Gasteiger partial charge is 0.170 e. The molecule has 0 saturated carbocycles. The van der Waals surface area contributed by atoms with E-state index >= 15 is 0 Å². The van der Waals surface area contributed by atoms with Crippen LogP contribution in [0.1, 0.15) is 32.4 Å². The Balaban J connectivity index is 1.79. The molecule has 5 rings (SSSR count). The third kappa shape index (κ3) is 2.93. The minimum absolute atomic E-state index is 0.560. The van der Waals surface area contributed by atoms with Crippen molar-refractivity contribution in [2.24, 2.45) is 0 Å². The fraction of sp³-hybridized carbons (Fsp3) is 0.450. The predicted molar refractivity (Wildman–Crippen MR) is 108 cm³/mol. The number of anilines is 1. The van der Waals surface area contributed by atoms with Crippen molar-refractivity contribution in [1.29, 1.82) is 0 Å². The van der Waals surface area contributed by atoms with Crippen molar-refractivity contribution in [3.8, 4) is 11.4 Å². The van der Waals surface area contributed by atoms with Gasteiger partial charge in [-0.1, -0.05) is 0 Å². The Kier molecular flexibility index (Phi) is 4.02. The highest BCUT2D eigenvalue weighted by molar-refractivity contribution is 5.88. The molecule has 0 radical (unpaired) electrons. The van der Waals surface area contributed by atoms with Gasteiger partial charge in [0, 0.05) is 25.5 Å². The summed E-state index contributed by atoms with van der Waals surface area (Å²) in [5, 5.41) is 0. The molecule has 3 aromatic heterocycles. The third-order valence-electron chi connectivity index (χ3n) is 5.25. The van der Waals surface area contributed by atoms with E-state index in [2.05, 4.69) is 19.4 Å². The molecule has 0 unspecified atom stereocenters. The standard InChI is InChI=1S/C20H23N7O2/c1-12-11-29-20(3,4)19-23-15-17(26-5-7-28-8-6-26)24-16(25-18(15)27(12)19)14-9-21-13(2)22-10-14/h9-11H,5-8H2,1-4H3. The van der Waals surface area contributed by atoms with Crippen molar-refractivity contribution in [2.75, 3.05) is 31.2 Å². The lowest BCUT2D eigenvalue weighted by Crippen LogP contribution is -2.37. The zero-order valence-electron chi connectivity index (χ0n) is 17.0. The van der Waals surface area contributed by atoms with E-state index in [-0.39, 0.29) is 0 Å². The molecule has 0 bridgehead atoms. The van der Waals surface area contributed by atoms with E-state index in [9.17, 15) is 0 Å². The molecule has 3 aromatic rings. The van der Waals surface area contributed by atoms with E-state index in [4.69, 9.17) is 24.4 Å². The minimum atomic E-state index is -0.560. The van der Waals surface area contributed by atoms with Gasteiger partial charge in [0.05, 0.1) is 24.5 Å². The number of nitrogens with zero attached hydrogens (tertiary/aromatic N) is 7. The Morgan fingerprint density at radius 2 is 1.72 bits per heavy atom. The predicted octanol–water partition coefficient (Wildman–Crippen LogP) is 2.51. The molecule has 0 N–H and O–H groups in total. The summed E-state index contributed by atoms with van der Waals surface area (Å²) in [6, 6.07) is 0. The Morgan fingerprint density at radius 3 is 2.45 bits per heavy atom. The largest absolute Gasteiger partial charge is 0.486 e. The Hall–Kier alpha value is -3.07. The number of ether oxygens (including phenoxy) is 2. The average Bonchev–Trinajstić information content (AvgIpc) is 3.13. The number of fused-ring (bicyclic) bond motifs is 3. The molecule has 2 aliphatic rings. The van der Waals surface area contributed by atoms with Crippen LogP contribution in [-0.4, -0.2) is 55.8 Å². The van der Waals surface area contributed by atoms with Crippen LogP contribution >= 0.6 is 0 Å². The van der Waals surface area contributed by atoms with Gasteiger partial charge in [-0.2, -0.15) is 0 Å². The number of morpholine rings is 1. The lowest BCUT2D eigenvalue weighted by atomic mass is 10.1. The van der Waals surface area contributed by atoms with Crippen LogP contribution in [-0.2, 0) is 15.1 Å². The SMILES string of the molecule is CC1=COC(C)(C)c2nc3c(N4CCOCC4)nc(-c4cnc(C)nc4)nc3n21. The van der Waals surface area contributed by atoms with Gasteiger partial charge < -0.3 is 14.4 Å². The van der Waals surface area contributed by atoms with E-state index in [1.165, 1.54) is 0 Å². The van der Waals surface area contributed by atoms with Crippen LogP contribution in [0.15, 0.2) is 18.7 Å². The second-order valence-electron chi connectivity index (χ2n) is 7.82. The molecule has 2 aliphatic heterocycles. The van der Waals surface area contributed by atoms with Gasteiger partial charge in [-0.3, -0.25) is 4.57 Å². The maximum absolute atomic E-state index is 5.90. The summed E-state index contributed by atoms with van der Waals surface area (Å²) in [7, 11) is 0. The highest BCUT2D eigenvalue weighted by atomic mass is 16.5. The van der Waals surface area contributed by atoms with Crippen molar-refractivity contribution >= 4 is 22.7 Å². The summed E-state index contributed by atoms with van der Waals surface area (Å²) in [6.45, 7) is 10.7. The number of aromatic nitrogens is 6. The molecule has 1 fully saturated rings.